The molecule has 0 aromatic carbocycles. The highest BCUT2D eigenvalue weighted by molar-refractivity contribution is 7.99. The second-order valence-corrected chi connectivity index (χ2v) is 6.22. The van der Waals surface area contributed by atoms with E-state index in [9.17, 15) is 5.11 Å². The normalized spacial score (nSPS) is 16.3. The number of nitrogens with zero attached hydrogens (tertiary/aromatic N) is 3. The Bertz CT molecular complexity index is 566. The molecule has 2 aromatic rings. The van der Waals surface area contributed by atoms with Crippen LogP contribution in [0, 0.1) is 0 Å². The first-order chi connectivity index (χ1) is 10.2. The number of furan rings is 1. The molecule has 2 aromatic heterocycles. The van der Waals surface area contributed by atoms with Crippen LogP contribution >= 0.6 is 11.8 Å². The Labute approximate surface area is 127 Å². The fraction of sp³-hybridized carbons (Fsp3) is 0.571. The average Bonchev–Trinajstić information content (AvgIpc) is 3.05. The molecular formula is C14H19N3O3S. The van der Waals surface area contributed by atoms with Crippen molar-refractivity contribution in [3.05, 3.63) is 30.0 Å². The van der Waals surface area contributed by atoms with Crippen LogP contribution in [0.5, 0.6) is 0 Å². The van der Waals surface area contributed by atoms with Gasteiger partial charge in [0.2, 0.25) is 0 Å². The van der Waals surface area contributed by atoms with Crippen LogP contribution in [0.1, 0.15) is 30.3 Å². The van der Waals surface area contributed by atoms with Crippen molar-refractivity contribution in [2.24, 2.45) is 7.05 Å². The van der Waals surface area contributed by atoms with Gasteiger partial charge in [0, 0.05) is 18.7 Å². The van der Waals surface area contributed by atoms with Crippen molar-refractivity contribution < 1.29 is 14.3 Å². The molecule has 114 valence electrons. The molecule has 21 heavy (non-hydrogen) atoms. The van der Waals surface area contributed by atoms with E-state index in [1.165, 1.54) is 24.6 Å². The molecule has 0 spiro atoms. The zero-order valence-electron chi connectivity index (χ0n) is 11.9. The lowest BCUT2D eigenvalue weighted by Crippen LogP contribution is -2.18. The zero-order chi connectivity index (χ0) is 14.7. The standard InChI is InChI=1S/C14H19N3O3S/c1-17-13(10-4-5-10)15-16-14(17)21-9-11(18)7-19-8-12-3-2-6-20-12/h2-3,6,10-11,18H,4-5,7-9H2,1H3. The Balaban J connectivity index is 1.40. The molecule has 0 bridgehead atoms. The summed E-state index contributed by atoms with van der Waals surface area (Å²) in [5.74, 6) is 2.94. The van der Waals surface area contributed by atoms with Crippen molar-refractivity contribution in [3.8, 4) is 0 Å². The topological polar surface area (TPSA) is 73.3 Å². The van der Waals surface area contributed by atoms with Gasteiger partial charge in [-0.2, -0.15) is 0 Å². The molecule has 0 aliphatic heterocycles. The summed E-state index contributed by atoms with van der Waals surface area (Å²) < 4.78 is 12.6. The van der Waals surface area contributed by atoms with E-state index in [-0.39, 0.29) is 6.61 Å². The average molecular weight is 309 g/mol. The molecule has 1 aliphatic carbocycles. The van der Waals surface area contributed by atoms with Crippen LogP contribution < -0.4 is 0 Å². The molecule has 2 heterocycles. The molecule has 0 amide bonds. The second kappa shape index (κ2) is 6.64. The number of aliphatic hydroxyl groups excluding tert-OH is 1. The van der Waals surface area contributed by atoms with Crippen molar-refractivity contribution in [2.75, 3.05) is 12.4 Å². The van der Waals surface area contributed by atoms with Gasteiger partial charge in [-0.25, -0.2) is 0 Å². The van der Waals surface area contributed by atoms with Crippen LogP contribution in [0.4, 0.5) is 0 Å². The van der Waals surface area contributed by atoms with Crippen molar-refractivity contribution >= 4 is 11.8 Å². The Morgan fingerprint density at radius 3 is 3.10 bits per heavy atom. The van der Waals surface area contributed by atoms with Crippen molar-refractivity contribution in [1.29, 1.82) is 0 Å². The molecule has 1 fully saturated rings. The van der Waals surface area contributed by atoms with Crippen LogP contribution in [0.15, 0.2) is 28.0 Å². The van der Waals surface area contributed by atoms with Gasteiger partial charge in [0.25, 0.3) is 0 Å². The maximum absolute atomic E-state index is 9.92. The molecule has 0 saturated heterocycles. The van der Waals surface area contributed by atoms with Gasteiger partial charge in [0.05, 0.1) is 19.0 Å². The molecule has 6 nitrogen and oxygen atoms in total. The maximum Gasteiger partial charge on any atom is 0.191 e. The summed E-state index contributed by atoms with van der Waals surface area (Å²) in [6.45, 7) is 0.658. The summed E-state index contributed by atoms with van der Waals surface area (Å²) in [5.41, 5.74) is 0. The predicted octanol–water partition coefficient (Wildman–Crippen LogP) is 1.96. The molecule has 0 radical (unpaired) electrons. The van der Waals surface area contributed by atoms with Crippen molar-refractivity contribution in [3.63, 3.8) is 0 Å². The fourth-order valence-corrected chi connectivity index (χ4v) is 2.88. The van der Waals surface area contributed by atoms with Gasteiger partial charge in [0.15, 0.2) is 5.16 Å². The predicted molar refractivity (Wildman–Crippen MR) is 78.1 cm³/mol. The molecule has 1 N–H and O–H groups in total. The number of aliphatic hydroxyl groups is 1. The number of hydrogen-bond donors (Lipinski definition) is 1. The van der Waals surface area contributed by atoms with E-state index in [1.54, 1.807) is 6.26 Å². The molecule has 7 heteroatoms. The third-order valence-electron chi connectivity index (χ3n) is 3.35. The summed E-state index contributed by atoms with van der Waals surface area (Å²) in [4.78, 5) is 0. The van der Waals surface area contributed by atoms with E-state index in [0.29, 0.717) is 18.3 Å². The Morgan fingerprint density at radius 2 is 2.38 bits per heavy atom. The van der Waals surface area contributed by atoms with Gasteiger partial charge in [-0.05, 0) is 25.0 Å². The molecule has 1 aliphatic rings. The Kier molecular flexibility index (Phi) is 4.62. The lowest BCUT2D eigenvalue weighted by atomic mass is 10.4. The van der Waals surface area contributed by atoms with E-state index in [0.717, 1.165) is 16.7 Å². The van der Waals surface area contributed by atoms with Crippen molar-refractivity contribution in [1.82, 2.24) is 14.8 Å². The van der Waals surface area contributed by atoms with Gasteiger partial charge < -0.3 is 18.8 Å². The molecule has 3 rings (SSSR count). The maximum atomic E-state index is 9.92. The molecule has 1 atom stereocenters. The third kappa shape index (κ3) is 3.87. The van der Waals surface area contributed by atoms with E-state index < -0.39 is 6.10 Å². The minimum absolute atomic E-state index is 0.279. The van der Waals surface area contributed by atoms with E-state index >= 15 is 0 Å². The highest BCUT2D eigenvalue weighted by atomic mass is 32.2. The third-order valence-corrected chi connectivity index (χ3v) is 4.52. The van der Waals surface area contributed by atoms with Crippen LogP contribution in [-0.4, -0.2) is 38.3 Å². The van der Waals surface area contributed by atoms with E-state index in [4.69, 9.17) is 9.15 Å². The fourth-order valence-electron chi connectivity index (χ4n) is 2.06. The largest absolute Gasteiger partial charge is 0.467 e. The number of rotatable bonds is 8. The quantitative estimate of drug-likeness (QED) is 0.751. The SMILES string of the molecule is Cn1c(SCC(O)COCc2ccco2)nnc1C1CC1. The lowest BCUT2D eigenvalue weighted by Gasteiger charge is -2.10. The van der Waals surface area contributed by atoms with Gasteiger partial charge in [0.1, 0.15) is 18.2 Å². The summed E-state index contributed by atoms with van der Waals surface area (Å²) >= 11 is 1.50. The second-order valence-electron chi connectivity index (χ2n) is 5.23. The van der Waals surface area contributed by atoms with Crippen LogP contribution in [0.3, 0.4) is 0 Å². The highest BCUT2D eigenvalue weighted by Crippen LogP contribution is 2.39. The van der Waals surface area contributed by atoms with Crippen molar-refractivity contribution in [2.45, 2.75) is 36.6 Å². The zero-order valence-corrected chi connectivity index (χ0v) is 12.8. The number of aromatic nitrogens is 3. The molecule has 1 saturated carbocycles. The molecule has 1 unspecified atom stereocenters. The lowest BCUT2D eigenvalue weighted by molar-refractivity contribution is 0.0328. The monoisotopic (exact) mass is 309 g/mol. The van der Waals surface area contributed by atoms with Gasteiger partial charge in [-0.3, -0.25) is 0 Å². The van der Waals surface area contributed by atoms with Gasteiger partial charge in [-0.15, -0.1) is 10.2 Å². The van der Waals surface area contributed by atoms with Gasteiger partial charge in [-0.1, -0.05) is 11.8 Å². The summed E-state index contributed by atoms with van der Waals surface area (Å²) in [7, 11) is 1.98. The smallest absolute Gasteiger partial charge is 0.191 e. The van der Waals surface area contributed by atoms with Crippen LogP contribution in [0.2, 0.25) is 0 Å². The molecular weight excluding hydrogens is 290 g/mol. The van der Waals surface area contributed by atoms with Crippen LogP contribution in [-0.2, 0) is 18.4 Å². The highest BCUT2D eigenvalue weighted by Gasteiger charge is 2.29. The summed E-state index contributed by atoms with van der Waals surface area (Å²) in [6, 6.07) is 3.66. The Hall–Kier alpha value is -1.31. The van der Waals surface area contributed by atoms with E-state index in [2.05, 4.69) is 10.2 Å². The first kappa shape index (κ1) is 14.6. The number of thioether (sulfide) groups is 1. The van der Waals surface area contributed by atoms with E-state index in [1.807, 2.05) is 23.7 Å². The number of hydrogen-bond acceptors (Lipinski definition) is 6. The minimum atomic E-state index is -0.536. The minimum Gasteiger partial charge on any atom is -0.467 e. The van der Waals surface area contributed by atoms with Crippen LogP contribution in [0.25, 0.3) is 0 Å². The Morgan fingerprint density at radius 1 is 1.52 bits per heavy atom. The van der Waals surface area contributed by atoms with Gasteiger partial charge >= 0.3 is 0 Å². The first-order valence-corrected chi connectivity index (χ1v) is 8.03. The summed E-state index contributed by atoms with van der Waals surface area (Å²) in [6.07, 6.45) is 3.49. The first-order valence-electron chi connectivity index (χ1n) is 7.04. The number of ether oxygens (including phenoxy) is 1. The summed E-state index contributed by atoms with van der Waals surface area (Å²) in [5, 5.41) is 19.2.